The van der Waals surface area contributed by atoms with E-state index in [2.05, 4.69) is 10.6 Å². The Bertz CT molecular complexity index is 350. The Hall–Kier alpha value is -1.55. The number of urea groups is 1. The van der Waals surface area contributed by atoms with Gasteiger partial charge in [-0.25, -0.2) is 4.79 Å². The summed E-state index contributed by atoms with van der Waals surface area (Å²) in [6.45, 7) is 4.91. The number of hydrogen-bond acceptors (Lipinski definition) is 2. The number of hydrogen-bond donors (Lipinski definition) is 3. The Balaban J connectivity index is 2.79. The van der Waals surface area contributed by atoms with E-state index < -0.39 is 0 Å². The van der Waals surface area contributed by atoms with Crippen LogP contribution in [0.1, 0.15) is 18.1 Å². The fraction of sp³-hybridized carbons (Fsp3) is 0.364. The van der Waals surface area contributed by atoms with Crippen molar-refractivity contribution in [3.05, 3.63) is 29.3 Å². The van der Waals surface area contributed by atoms with Gasteiger partial charge in [-0.1, -0.05) is 12.1 Å². The van der Waals surface area contributed by atoms with Crippen molar-refractivity contribution >= 4 is 11.7 Å². The molecule has 0 saturated heterocycles. The third kappa shape index (κ3) is 3.25. The standard InChI is InChI=1S/C11H17N3O/c1-3-13-11(15)14-10-6-9(7-12)5-4-8(10)2/h4-6H,3,7,12H2,1-2H3,(H2,13,14,15). The van der Waals surface area contributed by atoms with Gasteiger partial charge in [0.1, 0.15) is 0 Å². The molecule has 0 fully saturated rings. The minimum absolute atomic E-state index is 0.185. The molecule has 1 aromatic carbocycles. The normalized spacial score (nSPS) is 9.80. The summed E-state index contributed by atoms with van der Waals surface area (Å²) >= 11 is 0. The first-order valence-electron chi connectivity index (χ1n) is 5.01. The number of carbonyl (C=O) groups is 1. The number of nitrogens with one attached hydrogen (secondary N) is 2. The van der Waals surface area contributed by atoms with Crippen molar-refractivity contribution in [2.24, 2.45) is 5.73 Å². The first kappa shape index (κ1) is 11.5. The van der Waals surface area contributed by atoms with E-state index in [1.54, 1.807) is 0 Å². The zero-order chi connectivity index (χ0) is 11.3. The molecule has 0 heterocycles. The van der Waals surface area contributed by atoms with Crippen molar-refractivity contribution in [2.75, 3.05) is 11.9 Å². The molecule has 0 spiro atoms. The lowest BCUT2D eigenvalue weighted by atomic mass is 10.1. The number of anilines is 1. The van der Waals surface area contributed by atoms with E-state index in [1.807, 2.05) is 32.0 Å². The van der Waals surface area contributed by atoms with E-state index in [0.717, 1.165) is 16.8 Å². The minimum atomic E-state index is -0.185. The van der Waals surface area contributed by atoms with Gasteiger partial charge in [-0.3, -0.25) is 0 Å². The second kappa shape index (κ2) is 5.36. The molecule has 1 aromatic rings. The van der Waals surface area contributed by atoms with Crippen molar-refractivity contribution < 1.29 is 4.79 Å². The predicted molar refractivity (Wildman–Crippen MR) is 61.8 cm³/mol. The molecule has 2 amide bonds. The van der Waals surface area contributed by atoms with Crippen LogP contribution in [0.25, 0.3) is 0 Å². The van der Waals surface area contributed by atoms with E-state index in [-0.39, 0.29) is 6.03 Å². The van der Waals surface area contributed by atoms with E-state index in [1.165, 1.54) is 0 Å². The highest BCUT2D eigenvalue weighted by atomic mass is 16.2. The predicted octanol–water partition coefficient (Wildman–Crippen LogP) is 1.60. The molecule has 0 bridgehead atoms. The number of aryl methyl sites for hydroxylation is 1. The molecule has 15 heavy (non-hydrogen) atoms. The largest absolute Gasteiger partial charge is 0.338 e. The highest BCUT2D eigenvalue weighted by Crippen LogP contribution is 2.16. The highest BCUT2D eigenvalue weighted by molar-refractivity contribution is 5.90. The van der Waals surface area contributed by atoms with Crippen molar-refractivity contribution in [3.8, 4) is 0 Å². The molecule has 4 N–H and O–H groups in total. The maximum absolute atomic E-state index is 11.3. The van der Waals surface area contributed by atoms with Crippen LogP contribution in [0.15, 0.2) is 18.2 Å². The zero-order valence-corrected chi connectivity index (χ0v) is 9.13. The van der Waals surface area contributed by atoms with Crippen LogP contribution in [0.3, 0.4) is 0 Å². The first-order valence-corrected chi connectivity index (χ1v) is 5.01. The number of amides is 2. The summed E-state index contributed by atoms with van der Waals surface area (Å²) in [5.74, 6) is 0. The van der Waals surface area contributed by atoms with Gasteiger partial charge >= 0.3 is 6.03 Å². The average molecular weight is 207 g/mol. The van der Waals surface area contributed by atoms with Crippen LogP contribution < -0.4 is 16.4 Å². The van der Waals surface area contributed by atoms with Crippen molar-refractivity contribution in [1.29, 1.82) is 0 Å². The third-order valence-electron chi connectivity index (χ3n) is 2.12. The lowest BCUT2D eigenvalue weighted by Gasteiger charge is -2.10. The Morgan fingerprint density at radius 2 is 2.20 bits per heavy atom. The molecule has 0 saturated carbocycles. The maximum Gasteiger partial charge on any atom is 0.319 e. The van der Waals surface area contributed by atoms with Crippen LogP contribution in [0.2, 0.25) is 0 Å². The summed E-state index contributed by atoms with van der Waals surface area (Å²) < 4.78 is 0. The molecule has 4 nitrogen and oxygen atoms in total. The summed E-state index contributed by atoms with van der Waals surface area (Å²) in [5.41, 5.74) is 8.37. The second-order valence-electron chi connectivity index (χ2n) is 3.34. The van der Waals surface area contributed by atoms with Crippen LogP contribution >= 0.6 is 0 Å². The summed E-state index contributed by atoms with van der Waals surface area (Å²) in [6, 6.07) is 5.61. The number of rotatable bonds is 3. The molecular formula is C11H17N3O. The Morgan fingerprint density at radius 1 is 1.47 bits per heavy atom. The van der Waals surface area contributed by atoms with Gasteiger partial charge in [-0.15, -0.1) is 0 Å². The molecule has 0 aliphatic heterocycles. The molecule has 0 atom stereocenters. The Labute approximate surface area is 89.9 Å². The molecule has 0 aliphatic carbocycles. The van der Waals surface area contributed by atoms with Crippen molar-refractivity contribution in [2.45, 2.75) is 20.4 Å². The Kier molecular flexibility index (Phi) is 4.12. The van der Waals surface area contributed by atoms with E-state index in [4.69, 9.17) is 5.73 Å². The number of nitrogens with two attached hydrogens (primary N) is 1. The van der Waals surface area contributed by atoms with Gasteiger partial charge in [0.05, 0.1) is 0 Å². The maximum atomic E-state index is 11.3. The molecule has 0 aliphatic rings. The lowest BCUT2D eigenvalue weighted by Crippen LogP contribution is -2.28. The smallest absolute Gasteiger partial charge is 0.319 e. The van der Waals surface area contributed by atoms with Crippen molar-refractivity contribution in [3.63, 3.8) is 0 Å². The van der Waals surface area contributed by atoms with Gasteiger partial charge in [0.2, 0.25) is 0 Å². The van der Waals surface area contributed by atoms with Crippen LogP contribution in [-0.4, -0.2) is 12.6 Å². The summed E-state index contributed by atoms with van der Waals surface area (Å²) in [7, 11) is 0. The SMILES string of the molecule is CCNC(=O)Nc1cc(CN)ccc1C. The summed E-state index contributed by atoms with van der Waals surface area (Å²) in [5, 5.41) is 5.46. The molecule has 0 radical (unpaired) electrons. The molecule has 1 rings (SSSR count). The highest BCUT2D eigenvalue weighted by Gasteiger charge is 2.03. The van der Waals surface area contributed by atoms with Crippen LogP contribution in [0, 0.1) is 6.92 Å². The molecule has 0 aromatic heterocycles. The van der Waals surface area contributed by atoms with Crippen molar-refractivity contribution in [1.82, 2.24) is 5.32 Å². The molecule has 0 unspecified atom stereocenters. The van der Waals surface area contributed by atoms with E-state index in [0.29, 0.717) is 13.1 Å². The average Bonchev–Trinajstić information content (AvgIpc) is 2.21. The number of carbonyl (C=O) groups excluding carboxylic acids is 1. The molecule has 4 heteroatoms. The van der Waals surface area contributed by atoms with E-state index in [9.17, 15) is 4.79 Å². The van der Waals surface area contributed by atoms with Gasteiger partial charge in [-0.2, -0.15) is 0 Å². The minimum Gasteiger partial charge on any atom is -0.338 e. The fourth-order valence-corrected chi connectivity index (χ4v) is 1.26. The van der Waals surface area contributed by atoms with Crippen LogP contribution in [0.5, 0.6) is 0 Å². The van der Waals surface area contributed by atoms with Gasteiger partial charge in [0.25, 0.3) is 0 Å². The van der Waals surface area contributed by atoms with Gasteiger partial charge in [-0.05, 0) is 31.0 Å². The Morgan fingerprint density at radius 3 is 2.80 bits per heavy atom. The quantitative estimate of drug-likeness (QED) is 0.704. The summed E-state index contributed by atoms with van der Waals surface area (Å²) in [4.78, 5) is 11.3. The first-order chi connectivity index (χ1) is 7.17. The van der Waals surface area contributed by atoms with Gasteiger partial charge < -0.3 is 16.4 Å². The molecular weight excluding hydrogens is 190 g/mol. The zero-order valence-electron chi connectivity index (χ0n) is 9.13. The van der Waals surface area contributed by atoms with Crippen LogP contribution in [0.4, 0.5) is 10.5 Å². The van der Waals surface area contributed by atoms with Gasteiger partial charge in [0.15, 0.2) is 0 Å². The topological polar surface area (TPSA) is 67.2 Å². The fourth-order valence-electron chi connectivity index (χ4n) is 1.26. The molecule has 82 valence electrons. The van der Waals surface area contributed by atoms with Gasteiger partial charge in [0, 0.05) is 18.8 Å². The third-order valence-corrected chi connectivity index (χ3v) is 2.12. The van der Waals surface area contributed by atoms with E-state index >= 15 is 0 Å². The second-order valence-corrected chi connectivity index (χ2v) is 3.34. The lowest BCUT2D eigenvalue weighted by molar-refractivity contribution is 0.252. The van der Waals surface area contributed by atoms with Crippen LogP contribution in [-0.2, 0) is 6.54 Å². The number of benzene rings is 1. The summed E-state index contributed by atoms with van der Waals surface area (Å²) in [6.07, 6.45) is 0. The monoisotopic (exact) mass is 207 g/mol.